The Morgan fingerprint density at radius 1 is 0.833 bits per heavy atom. The Bertz CT molecular complexity index is 1440. The predicted octanol–water partition coefficient (Wildman–Crippen LogP) is 5.73. The van der Waals surface area contributed by atoms with Crippen molar-refractivity contribution in [1.82, 2.24) is 0 Å². The molecule has 0 saturated carbocycles. The van der Waals surface area contributed by atoms with E-state index in [1.54, 1.807) is 24.3 Å². The lowest BCUT2D eigenvalue weighted by Crippen LogP contribution is -2.12. The van der Waals surface area contributed by atoms with E-state index in [4.69, 9.17) is 44.4 Å². The quantitative estimate of drug-likeness (QED) is 0.405. The number of halogens is 3. The minimum Gasteiger partial charge on any atom is -0.455 e. The van der Waals surface area contributed by atoms with Gasteiger partial charge in [0.1, 0.15) is 11.3 Å². The Kier molecular flexibility index (Phi) is 5.38. The van der Waals surface area contributed by atoms with Crippen molar-refractivity contribution < 1.29 is 12.8 Å². The molecule has 0 unspecified atom stereocenters. The normalized spacial score (nSPS) is 11.7. The van der Waals surface area contributed by atoms with E-state index in [1.165, 1.54) is 36.4 Å². The molecule has 0 fully saturated rings. The van der Waals surface area contributed by atoms with Crippen LogP contribution in [0.5, 0.6) is 0 Å². The van der Waals surface area contributed by atoms with Crippen LogP contribution in [-0.2, 0) is 10.0 Å². The molecule has 5 nitrogen and oxygen atoms in total. The highest BCUT2D eigenvalue weighted by atomic mass is 35.5. The third kappa shape index (κ3) is 3.73. The van der Waals surface area contributed by atoms with Crippen molar-refractivity contribution in [2.24, 2.45) is 5.14 Å². The molecule has 0 amide bonds. The van der Waals surface area contributed by atoms with Gasteiger partial charge in [0.2, 0.25) is 15.5 Å². The lowest BCUT2D eigenvalue weighted by atomic mass is 9.98. The van der Waals surface area contributed by atoms with Crippen molar-refractivity contribution in [3.05, 3.63) is 86.0 Å². The second-order valence-corrected chi connectivity index (χ2v) is 9.26. The largest absolute Gasteiger partial charge is 0.455 e. The zero-order valence-electron chi connectivity index (χ0n) is 15.0. The van der Waals surface area contributed by atoms with Gasteiger partial charge in [-0.25, -0.2) is 13.6 Å². The van der Waals surface area contributed by atoms with Gasteiger partial charge < -0.3 is 4.42 Å². The lowest BCUT2D eigenvalue weighted by Gasteiger charge is -2.13. The summed E-state index contributed by atoms with van der Waals surface area (Å²) >= 11 is 18.8. The molecule has 1 heterocycles. The minimum atomic E-state index is -3.87. The van der Waals surface area contributed by atoms with E-state index < -0.39 is 10.0 Å². The minimum absolute atomic E-state index is 0.0708. The van der Waals surface area contributed by atoms with Crippen LogP contribution in [0.3, 0.4) is 0 Å². The molecule has 0 aliphatic rings. The molecule has 0 aliphatic heterocycles. The van der Waals surface area contributed by atoms with Crippen LogP contribution in [0.2, 0.25) is 15.1 Å². The monoisotopic (exact) mass is 479 g/mol. The second-order valence-electron chi connectivity index (χ2n) is 6.45. The first-order valence-corrected chi connectivity index (χ1v) is 11.2. The van der Waals surface area contributed by atoms with E-state index in [-0.39, 0.29) is 37.3 Å². The molecule has 9 heteroatoms. The molecule has 0 radical (unpaired) electrons. The van der Waals surface area contributed by atoms with Crippen LogP contribution in [-0.4, -0.2) is 8.42 Å². The summed E-state index contributed by atoms with van der Waals surface area (Å²) in [5.41, 5.74) is 0.880. The number of sulfonamides is 1. The first-order chi connectivity index (χ1) is 14.2. The summed E-state index contributed by atoms with van der Waals surface area (Å²) in [7, 11) is -3.87. The standard InChI is InChI=1S/C21H12Cl3NO4S/c22-12-9-15(23)18(16(24)10-12)19-20(26)14-3-1-2-4-17(14)29-21(19)11-5-7-13(8-6-11)30(25,27)28/h1-10H,(H2,25,27,28). The maximum absolute atomic E-state index is 13.4. The number of primary sulfonamides is 1. The van der Waals surface area contributed by atoms with Gasteiger partial charge in [-0.3, -0.25) is 4.79 Å². The SMILES string of the molecule is NS(=O)(=O)c1ccc(-c2oc3ccccc3c(=O)c2-c2c(Cl)cc(Cl)cc2Cl)cc1. The van der Waals surface area contributed by atoms with Crippen molar-refractivity contribution in [2.45, 2.75) is 4.90 Å². The molecule has 1 aromatic heterocycles. The Labute approximate surface area is 186 Å². The van der Waals surface area contributed by atoms with Gasteiger partial charge in [-0.2, -0.15) is 0 Å². The molecule has 4 aromatic rings. The summed E-state index contributed by atoms with van der Waals surface area (Å²) in [4.78, 5) is 13.3. The van der Waals surface area contributed by atoms with Crippen LogP contribution in [0, 0.1) is 0 Å². The Morgan fingerprint density at radius 3 is 2.03 bits per heavy atom. The summed E-state index contributed by atoms with van der Waals surface area (Å²) < 4.78 is 29.2. The molecule has 152 valence electrons. The summed E-state index contributed by atoms with van der Waals surface area (Å²) in [5, 5.41) is 6.19. The van der Waals surface area contributed by atoms with Crippen LogP contribution in [0.15, 0.2) is 74.8 Å². The van der Waals surface area contributed by atoms with Crippen LogP contribution in [0.4, 0.5) is 0 Å². The molecular weight excluding hydrogens is 469 g/mol. The zero-order valence-corrected chi connectivity index (χ0v) is 18.1. The van der Waals surface area contributed by atoms with Gasteiger partial charge in [-0.1, -0.05) is 46.9 Å². The van der Waals surface area contributed by atoms with Gasteiger partial charge in [0.25, 0.3) is 0 Å². The van der Waals surface area contributed by atoms with Crippen LogP contribution < -0.4 is 10.6 Å². The average Bonchev–Trinajstić information content (AvgIpc) is 2.68. The Morgan fingerprint density at radius 2 is 1.43 bits per heavy atom. The van der Waals surface area contributed by atoms with Gasteiger partial charge in [-0.15, -0.1) is 0 Å². The van der Waals surface area contributed by atoms with Crippen LogP contribution >= 0.6 is 34.8 Å². The second kappa shape index (κ2) is 7.72. The Hall–Kier alpha value is -2.35. The van der Waals surface area contributed by atoms with E-state index in [2.05, 4.69) is 0 Å². The fraction of sp³-hybridized carbons (Fsp3) is 0. The van der Waals surface area contributed by atoms with Crippen LogP contribution in [0.25, 0.3) is 33.4 Å². The van der Waals surface area contributed by atoms with E-state index in [0.717, 1.165) is 0 Å². The third-order valence-electron chi connectivity index (χ3n) is 4.50. The summed E-state index contributed by atoms with van der Waals surface area (Å²) in [6.45, 7) is 0. The van der Waals surface area contributed by atoms with Crippen molar-refractivity contribution >= 4 is 55.8 Å². The first-order valence-electron chi connectivity index (χ1n) is 8.51. The number of nitrogens with two attached hydrogens (primary N) is 1. The van der Waals surface area contributed by atoms with E-state index in [9.17, 15) is 13.2 Å². The van der Waals surface area contributed by atoms with E-state index in [1.807, 2.05) is 0 Å². The number of para-hydroxylation sites is 1. The van der Waals surface area contributed by atoms with Gasteiger partial charge >= 0.3 is 0 Å². The van der Waals surface area contributed by atoms with E-state index in [0.29, 0.717) is 21.6 Å². The third-order valence-corrected chi connectivity index (χ3v) is 6.24. The Balaban J connectivity index is 2.10. The number of hydrogen-bond donors (Lipinski definition) is 1. The number of hydrogen-bond acceptors (Lipinski definition) is 4. The molecule has 0 atom stereocenters. The summed E-state index contributed by atoms with van der Waals surface area (Å²) in [6, 6.07) is 15.4. The van der Waals surface area contributed by atoms with Gasteiger partial charge in [0, 0.05) is 16.1 Å². The maximum Gasteiger partial charge on any atom is 0.238 e. The fourth-order valence-electron chi connectivity index (χ4n) is 3.15. The zero-order chi connectivity index (χ0) is 21.6. The summed E-state index contributed by atoms with van der Waals surface area (Å²) in [6.07, 6.45) is 0. The highest BCUT2D eigenvalue weighted by Crippen LogP contribution is 2.41. The van der Waals surface area contributed by atoms with Crippen molar-refractivity contribution in [3.63, 3.8) is 0 Å². The average molecular weight is 481 g/mol. The first kappa shape index (κ1) is 20.9. The van der Waals surface area contributed by atoms with Crippen molar-refractivity contribution in [3.8, 4) is 22.5 Å². The molecule has 2 N–H and O–H groups in total. The topological polar surface area (TPSA) is 90.4 Å². The molecule has 30 heavy (non-hydrogen) atoms. The van der Waals surface area contributed by atoms with Gasteiger partial charge in [0.05, 0.1) is 25.9 Å². The smallest absolute Gasteiger partial charge is 0.238 e. The highest BCUT2D eigenvalue weighted by Gasteiger charge is 2.23. The molecule has 3 aromatic carbocycles. The van der Waals surface area contributed by atoms with Gasteiger partial charge in [0.15, 0.2) is 0 Å². The molecule has 0 saturated heterocycles. The molecular formula is C21H12Cl3NO4S. The predicted molar refractivity (Wildman–Crippen MR) is 120 cm³/mol. The number of rotatable bonds is 3. The van der Waals surface area contributed by atoms with Crippen molar-refractivity contribution in [1.29, 1.82) is 0 Å². The van der Waals surface area contributed by atoms with Gasteiger partial charge in [-0.05, 0) is 48.5 Å². The molecule has 4 rings (SSSR count). The van der Waals surface area contributed by atoms with Crippen LogP contribution in [0.1, 0.15) is 0 Å². The molecule has 0 spiro atoms. The van der Waals surface area contributed by atoms with Crippen molar-refractivity contribution in [2.75, 3.05) is 0 Å². The molecule has 0 aliphatic carbocycles. The fourth-order valence-corrected chi connectivity index (χ4v) is 4.67. The summed E-state index contributed by atoms with van der Waals surface area (Å²) in [5.74, 6) is 0.186. The number of benzene rings is 3. The highest BCUT2D eigenvalue weighted by molar-refractivity contribution is 7.89. The van der Waals surface area contributed by atoms with E-state index >= 15 is 0 Å². The lowest BCUT2D eigenvalue weighted by molar-refractivity contribution is 0.597. The molecule has 0 bridgehead atoms. The number of fused-ring (bicyclic) bond motifs is 1. The maximum atomic E-state index is 13.4.